The number of aromatic nitrogens is 2. The minimum Gasteiger partial charge on any atom is -0.478 e. The number of halogens is 3. The predicted molar refractivity (Wildman–Crippen MR) is 83.9 cm³/mol. The maximum absolute atomic E-state index is 12.8. The summed E-state index contributed by atoms with van der Waals surface area (Å²) in [6, 6.07) is 7.68. The van der Waals surface area contributed by atoms with Crippen molar-refractivity contribution < 1.29 is 23.1 Å². The van der Waals surface area contributed by atoms with Crippen LogP contribution >= 0.6 is 0 Å². The van der Waals surface area contributed by atoms with Crippen LogP contribution in [0.25, 0.3) is 16.9 Å². The zero-order chi connectivity index (χ0) is 17.9. The molecule has 0 unspecified atom stereocenters. The van der Waals surface area contributed by atoms with E-state index in [4.69, 9.17) is 5.11 Å². The molecular formula is C17H15F3N2O2. The second kappa shape index (κ2) is 6.74. The standard InChI is InChI=1S/C15H9F3N2O2.C2H6/c16-15(17,18)10-4-1-3-9(7-10)12-8-20-6-2-5-11(14(21)22)13(20)19-12;1-2/h1-8H,(H,21,22);1-2H3. The first-order valence-corrected chi connectivity index (χ1v) is 7.25. The topological polar surface area (TPSA) is 54.6 Å². The number of rotatable bonds is 2. The van der Waals surface area contributed by atoms with E-state index >= 15 is 0 Å². The lowest BCUT2D eigenvalue weighted by Crippen LogP contribution is -2.04. The van der Waals surface area contributed by atoms with Gasteiger partial charge < -0.3 is 9.51 Å². The fourth-order valence-corrected chi connectivity index (χ4v) is 2.17. The highest BCUT2D eigenvalue weighted by Crippen LogP contribution is 2.32. The van der Waals surface area contributed by atoms with Gasteiger partial charge in [-0.15, -0.1) is 0 Å². The summed E-state index contributed by atoms with van der Waals surface area (Å²) < 4.78 is 39.7. The average molecular weight is 336 g/mol. The van der Waals surface area contributed by atoms with Gasteiger partial charge in [0.1, 0.15) is 5.56 Å². The van der Waals surface area contributed by atoms with E-state index in [1.807, 2.05) is 13.8 Å². The summed E-state index contributed by atoms with van der Waals surface area (Å²) in [5.41, 5.74) is -0.0571. The molecule has 0 radical (unpaired) electrons. The lowest BCUT2D eigenvalue weighted by atomic mass is 10.1. The third kappa shape index (κ3) is 3.40. The molecule has 1 N–H and O–H groups in total. The second-order valence-corrected chi connectivity index (χ2v) is 4.66. The van der Waals surface area contributed by atoms with Gasteiger partial charge in [-0.2, -0.15) is 13.2 Å². The van der Waals surface area contributed by atoms with Crippen molar-refractivity contribution in [1.82, 2.24) is 9.38 Å². The summed E-state index contributed by atoms with van der Waals surface area (Å²) in [6.45, 7) is 4.00. The number of fused-ring (bicyclic) bond motifs is 1. The average Bonchev–Trinajstić information content (AvgIpc) is 3.00. The molecule has 126 valence electrons. The highest BCUT2D eigenvalue weighted by molar-refractivity contribution is 5.94. The van der Waals surface area contributed by atoms with Gasteiger partial charge in [0, 0.05) is 18.0 Å². The van der Waals surface area contributed by atoms with Gasteiger partial charge in [-0.3, -0.25) is 0 Å². The summed E-state index contributed by atoms with van der Waals surface area (Å²) in [6.07, 6.45) is -1.36. The molecule has 2 heterocycles. The van der Waals surface area contributed by atoms with E-state index in [1.165, 1.54) is 34.9 Å². The van der Waals surface area contributed by atoms with Crippen LogP contribution in [0.4, 0.5) is 13.2 Å². The van der Waals surface area contributed by atoms with E-state index in [2.05, 4.69) is 4.98 Å². The highest BCUT2D eigenvalue weighted by Gasteiger charge is 2.30. The largest absolute Gasteiger partial charge is 0.478 e. The Hall–Kier alpha value is -2.83. The van der Waals surface area contributed by atoms with Crippen LogP contribution < -0.4 is 0 Å². The van der Waals surface area contributed by atoms with E-state index in [1.54, 1.807) is 6.20 Å². The molecule has 0 aliphatic rings. The lowest BCUT2D eigenvalue weighted by molar-refractivity contribution is -0.137. The Bertz CT molecular complexity index is 870. The molecule has 0 aliphatic carbocycles. The van der Waals surface area contributed by atoms with Gasteiger partial charge in [-0.25, -0.2) is 9.78 Å². The molecule has 0 amide bonds. The fraction of sp³-hybridized carbons (Fsp3) is 0.176. The second-order valence-electron chi connectivity index (χ2n) is 4.66. The van der Waals surface area contributed by atoms with Crippen molar-refractivity contribution >= 4 is 11.6 Å². The van der Waals surface area contributed by atoms with Crippen molar-refractivity contribution in [1.29, 1.82) is 0 Å². The lowest BCUT2D eigenvalue weighted by Gasteiger charge is -2.07. The van der Waals surface area contributed by atoms with Crippen LogP contribution in [0, 0.1) is 0 Å². The quantitative estimate of drug-likeness (QED) is 0.735. The Labute approximate surface area is 136 Å². The monoisotopic (exact) mass is 336 g/mol. The number of nitrogens with zero attached hydrogens (tertiary/aromatic N) is 2. The molecule has 24 heavy (non-hydrogen) atoms. The van der Waals surface area contributed by atoms with Crippen molar-refractivity contribution in [2.75, 3.05) is 0 Å². The van der Waals surface area contributed by atoms with Crippen LogP contribution in [-0.4, -0.2) is 20.5 Å². The normalized spacial score (nSPS) is 11.0. The van der Waals surface area contributed by atoms with Crippen LogP contribution in [0.2, 0.25) is 0 Å². The molecule has 0 spiro atoms. The Kier molecular flexibility index (Phi) is 4.92. The molecular weight excluding hydrogens is 321 g/mol. The number of imidazole rings is 1. The molecule has 3 aromatic rings. The Morgan fingerprint density at radius 3 is 2.50 bits per heavy atom. The number of hydrogen-bond donors (Lipinski definition) is 1. The number of alkyl halides is 3. The van der Waals surface area contributed by atoms with Gasteiger partial charge >= 0.3 is 12.1 Å². The Morgan fingerprint density at radius 1 is 1.17 bits per heavy atom. The van der Waals surface area contributed by atoms with Crippen molar-refractivity contribution in [3.8, 4) is 11.3 Å². The third-order valence-electron chi connectivity index (χ3n) is 3.20. The molecule has 2 aromatic heterocycles. The highest BCUT2D eigenvalue weighted by atomic mass is 19.4. The minimum atomic E-state index is -4.44. The van der Waals surface area contributed by atoms with E-state index in [9.17, 15) is 18.0 Å². The first-order chi connectivity index (χ1) is 11.4. The molecule has 3 rings (SSSR count). The number of pyridine rings is 1. The summed E-state index contributed by atoms with van der Waals surface area (Å²) in [4.78, 5) is 15.3. The maximum atomic E-state index is 12.8. The number of hydrogen-bond acceptors (Lipinski definition) is 2. The number of benzene rings is 1. The fourth-order valence-electron chi connectivity index (χ4n) is 2.17. The van der Waals surface area contributed by atoms with Gasteiger partial charge in [0.25, 0.3) is 0 Å². The Morgan fingerprint density at radius 2 is 1.88 bits per heavy atom. The van der Waals surface area contributed by atoms with Crippen LogP contribution in [0.15, 0.2) is 48.8 Å². The predicted octanol–water partition coefficient (Wildman–Crippen LogP) is 4.74. The third-order valence-corrected chi connectivity index (χ3v) is 3.20. The molecule has 0 saturated heterocycles. The van der Waals surface area contributed by atoms with Crippen molar-refractivity contribution in [2.24, 2.45) is 0 Å². The smallest absolute Gasteiger partial charge is 0.416 e. The molecule has 7 heteroatoms. The number of carboxylic acid groups (broad SMARTS) is 1. The van der Waals surface area contributed by atoms with E-state index in [-0.39, 0.29) is 22.5 Å². The van der Waals surface area contributed by atoms with Gasteiger partial charge in [0.15, 0.2) is 5.65 Å². The summed E-state index contributed by atoms with van der Waals surface area (Å²) in [7, 11) is 0. The van der Waals surface area contributed by atoms with Gasteiger partial charge in [-0.05, 0) is 24.3 Å². The first kappa shape index (κ1) is 17.5. The van der Waals surface area contributed by atoms with E-state index < -0.39 is 17.7 Å². The van der Waals surface area contributed by atoms with Crippen molar-refractivity contribution in [3.05, 3.63) is 59.9 Å². The van der Waals surface area contributed by atoms with Crippen molar-refractivity contribution in [3.63, 3.8) is 0 Å². The molecule has 0 bridgehead atoms. The minimum absolute atomic E-state index is 0.0132. The summed E-state index contributed by atoms with van der Waals surface area (Å²) >= 11 is 0. The Balaban J connectivity index is 0.00000100. The SMILES string of the molecule is CC.O=C(O)c1cccn2cc(-c3cccc(C(F)(F)F)c3)nc12. The zero-order valence-corrected chi connectivity index (χ0v) is 13.0. The molecule has 0 fully saturated rings. The van der Waals surface area contributed by atoms with E-state index in [0.717, 1.165) is 12.1 Å². The first-order valence-electron chi connectivity index (χ1n) is 7.25. The van der Waals surface area contributed by atoms with Gasteiger partial charge in [-0.1, -0.05) is 26.0 Å². The number of carboxylic acids is 1. The van der Waals surface area contributed by atoms with Crippen LogP contribution in [-0.2, 0) is 6.18 Å². The van der Waals surface area contributed by atoms with Crippen LogP contribution in [0.3, 0.4) is 0 Å². The van der Waals surface area contributed by atoms with Crippen molar-refractivity contribution in [2.45, 2.75) is 20.0 Å². The van der Waals surface area contributed by atoms with Crippen LogP contribution in [0.1, 0.15) is 29.8 Å². The molecule has 0 atom stereocenters. The number of aromatic carboxylic acids is 1. The summed E-state index contributed by atoms with van der Waals surface area (Å²) in [5.74, 6) is -1.15. The van der Waals surface area contributed by atoms with Crippen LogP contribution in [0.5, 0.6) is 0 Å². The molecule has 1 aromatic carbocycles. The maximum Gasteiger partial charge on any atom is 0.416 e. The number of carbonyl (C=O) groups is 1. The van der Waals surface area contributed by atoms with Gasteiger partial charge in [0.2, 0.25) is 0 Å². The van der Waals surface area contributed by atoms with E-state index in [0.29, 0.717) is 0 Å². The molecule has 0 saturated carbocycles. The van der Waals surface area contributed by atoms with Gasteiger partial charge in [0.05, 0.1) is 11.3 Å². The zero-order valence-electron chi connectivity index (χ0n) is 13.0. The molecule has 0 aliphatic heterocycles. The molecule has 4 nitrogen and oxygen atoms in total. The summed E-state index contributed by atoms with van der Waals surface area (Å²) in [5, 5.41) is 9.11.